The summed E-state index contributed by atoms with van der Waals surface area (Å²) in [6.07, 6.45) is -0.494. The number of benzene rings is 1. The largest absolute Gasteiger partial charge is 0.391 e. The molecule has 144 valence electrons. The molecule has 1 aromatic carbocycles. The van der Waals surface area contributed by atoms with Crippen molar-refractivity contribution >= 4 is 27.7 Å². The molecule has 1 aliphatic heterocycles. The summed E-state index contributed by atoms with van der Waals surface area (Å²) in [7, 11) is 0. The Labute approximate surface area is 163 Å². The Morgan fingerprint density at radius 1 is 1.31 bits per heavy atom. The van der Waals surface area contributed by atoms with Gasteiger partial charge in [0, 0.05) is 17.4 Å². The van der Waals surface area contributed by atoms with E-state index in [4.69, 9.17) is 5.73 Å². The van der Waals surface area contributed by atoms with E-state index >= 15 is 0 Å². The van der Waals surface area contributed by atoms with Gasteiger partial charge in [0.15, 0.2) is 0 Å². The molecule has 0 bridgehead atoms. The van der Waals surface area contributed by atoms with Crippen LogP contribution in [0.2, 0.25) is 0 Å². The van der Waals surface area contributed by atoms with Gasteiger partial charge in [0.25, 0.3) is 0 Å². The number of hydrogen-bond donors (Lipinski definition) is 3. The van der Waals surface area contributed by atoms with E-state index in [1.54, 1.807) is 0 Å². The first kappa shape index (κ1) is 20.9. The van der Waals surface area contributed by atoms with Gasteiger partial charge in [0.1, 0.15) is 6.04 Å². The Hall–Kier alpha value is -1.44. The number of likely N-dealkylation sites (tertiary alicyclic amines) is 1. The number of aliphatic hydroxyl groups is 1. The second-order valence-electron chi connectivity index (χ2n) is 8.02. The third-order valence-electron chi connectivity index (χ3n) is 4.79. The average Bonchev–Trinajstić information content (AvgIpc) is 2.95. The maximum Gasteiger partial charge on any atom is 0.243 e. The number of aliphatic hydroxyl groups excluding tert-OH is 1. The summed E-state index contributed by atoms with van der Waals surface area (Å²) in [6.45, 7) is 7.67. The van der Waals surface area contributed by atoms with Gasteiger partial charge in [0.2, 0.25) is 11.8 Å². The Balaban J connectivity index is 2.10. The van der Waals surface area contributed by atoms with Gasteiger partial charge in [-0.1, -0.05) is 48.8 Å². The highest BCUT2D eigenvalue weighted by Crippen LogP contribution is 2.25. The van der Waals surface area contributed by atoms with Crippen molar-refractivity contribution in [1.82, 2.24) is 10.2 Å². The van der Waals surface area contributed by atoms with Crippen LogP contribution < -0.4 is 11.1 Å². The quantitative estimate of drug-likeness (QED) is 0.686. The van der Waals surface area contributed by atoms with Gasteiger partial charge in [-0.2, -0.15) is 0 Å². The Morgan fingerprint density at radius 3 is 2.42 bits per heavy atom. The maximum atomic E-state index is 12.8. The number of β-amino-alcohol motifs (C(OH)–C–C–N with tert-alkyl or cyclic N) is 1. The fraction of sp³-hybridized carbons (Fsp3) is 0.579. The molecule has 1 fully saturated rings. The van der Waals surface area contributed by atoms with Crippen LogP contribution in [-0.4, -0.2) is 46.6 Å². The molecule has 1 aromatic rings. The normalized spacial score (nSPS) is 22.8. The van der Waals surface area contributed by atoms with E-state index in [9.17, 15) is 14.7 Å². The molecule has 0 unspecified atom stereocenters. The molecule has 1 aliphatic rings. The van der Waals surface area contributed by atoms with Crippen molar-refractivity contribution < 1.29 is 14.7 Å². The molecule has 4 atom stereocenters. The lowest BCUT2D eigenvalue weighted by Crippen LogP contribution is -2.55. The number of nitrogens with two attached hydrogens (primary N) is 1. The number of hydrogen-bond acceptors (Lipinski definition) is 4. The molecule has 1 saturated heterocycles. The average molecular weight is 426 g/mol. The van der Waals surface area contributed by atoms with Gasteiger partial charge >= 0.3 is 0 Å². The third kappa shape index (κ3) is 4.84. The molecule has 2 amide bonds. The second kappa shape index (κ2) is 8.06. The summed E-state index contributed by atoms with van der Waals surface area (Å²) in [5.41, 5.74) is 6.62. The zero-order chi connectivity index (χ0) is 19.6. The van der Waals surface area contributed by atoms with Crippen molar-refractivity contribution in [3.63, 3.8) is 0 Å². The Bertz CT molecular complexity index is 657. The summed E-state index contributed by atoms with van der Waals surface area (Å²) in [5, 5.41) is 13.0. The summed E-state index contributed by atoms with van der Waals surface area (Å²) < 4.78 is 0.964. The van der Waals surface area contributed by atoms with Crippen molar-refractivity contribution in [3.8, 4) is 0 Å². The molecule has 2 rings (SSSR count). The van der Waals surface area contributed by atoms with Gasteiger partial charge in [-0.05, 0) is 30.0 Å². The highest BCUT2D eigenvalue weighted by Gasteiger charge is 2.42. The smallest absolute Gasteiger partial charge is 0.243 e. The highest BCUT2D eigenvalue weighted by molar-refractivity contribution is 9.10. The maximum absolute atomic E-state index is 12.8. The number of halogens is 1. The van der Waals surface area contributed by atoms with Crippen LogP contribution in [0.1, 0.15) is 45.7 Å². The molecule has 0 saturated carbocycles. The lowest BCUT2D eigenvalue weighted by Gasteiger charge is -2.32. The number of nitrogens with zero attached hydrogens (tertiary/aromatic N) is 1. The first-order valence-corrected chi connectivity index (χ1v) is 9.60. The number of rotatable bonds is 4. The van der Waals surface area contributed by atoms with E-state index < -0.39 is 23.6 Å². The molecular weight excluding hydrogens is 398 g/mol. The molecule has 0 aromatic heterocycles. The molecule has 26 heavy (non-hydrogen) atoms. The van der Waals surface area contributed by atoms with E-state index in [0.717, 1.165) is 10.0 Å². The molecule has 0 spiro atoms. The fourth-order valence-corrected chi connectivity index (χ4v) is 3.26. The topological polar surface area (TPSA) is 95.7 Å². The molecule has 0 aliphatic carbocycles. The third-order valence-corrected chi connectivity index (χ3v) is 5.32. The van der Waals surface area contributed by atoms with Crippen LogP contribution in [0.4, 0.5) is 0 Å². The van der Waals surface area contributed by atoms with Crippen LogP contribution in [0.15, 0.2) is 28.7 Å². The minimum absolute atomic E-state index is 0.132. The summed E-state index contributed by atoms with van der Waals surface area (Å²) >= 11 is 3.39. The van der Waals surface area contributed by atoms with Crippen LogP contribution in [0.3, 0.4) is 0 Å². The Kier molecular flexibility index (Phi) is 6.47. The standard InChI is InChI=1S/C19H28BrN3O3/c1-11(12-5-7-13(20)8-6-12)22-17(25)15-9-14(24)10-23(15)18(26)16(21)19(2,3)4/h5-8,11,14-16,24H,9-10,21H2,1-4H3,(H,22,25)/t11-,14+,15-,16+/m0/s1. The first-order valence-electron chi connectivity index (χ1n) is 8.80. The first-order chi connectivity index (χ1) is 12.0. The predicted octanol–water partition coefficient (Wildman–Crippen LogP) is 1.96. The van der Waals surface area contributed by atoms with Gasteiger partial charge < -0.3 is 21.1 Å². The van der Waals surface area contributed by atoms with Crippen molar-refractivity contribution in [2.75, 3.05) is 6.54 Å². The van der Waals surface area contributed by atoms with Gasteiger partial charge in [-0.3, -0.25) is 9.59 Å². The lowest BCUT2D eigenvalue weighted by molar-refractivity contribution is -0.141. The number of carbonyl (C=O) groups is 2. The van der Waals surface area contributed by atoms with Crippen molar-refractivity contribution in [2.45, 2.75) is 58.3 Å². The van der Waals surface area contributed by atoms with E-state index in [2.05, 4.69) is 21.2 Å². The van der Waals surface area contributed by atoms with E-state index in [1.807, 2.05) is 52.0 Å². The predicted molar refractivity (Wildman–Crippen MR) is 104 cm³/mol. The summed E-state index contributed by atoms with van der Waals surface area (Å²) in [4.78, 5) is 26.9. The zero-order valence-corrected chi connectivity index (χ0v) is 17.3. The van der Waals surface area contributed by atoms with Crippen molar-refractivity contribution in [2.24, 2.45) is 11.1 Å². The number of carbonyl (C=O) groups excluding carboxylic acids is 2. The molecule has 7 heteroatoms. The van der Waals surface area contributed by atoms with Crippen LogP contribution in [0, 0.1) is 5.41 Å². The molecule has 1 heterocycles. The zero-order valence-electron chi connectivity index (χ0n) is 15.7. The Morgan fingerprint density at radius 2 is 1.88 bits per heavy atom. The van der Waals surface area contributed by atoms with E-state index in [0.29, 0.717) is 0 Å². The van der Waals surface area contributed by atoms with Crippen LogP contribution in [-0.2, 0) is 9.59 Å². The lowest BCUT2D eigenvalue weighted by atomic mass is 9.86. The summed E-state index contributed by atoms with van der Waals surface area (Å²) in [6, 6.07) is 6.04. The van der Waals surface area contributed by atoms with Crippen LogP contribution in [0.5, 0.6) is 0 Å². The minimum Gasteiger partial charge on any atom is -0.391 e. The molecule has 0 radical (unpaired) electrons. The van der Waals surface area contributed by atoms with Gasteiger partial charge in [-0.15, -0.1) is 0 Å². The van der Waals surface area contributed by atoms with Crippen molar-refractivity contribution in [1.29, 1.82) is 0 Å². The molecule has 6 nitrogen and oxygen atoms in total. The van der Waals surface area contributed by atoms with Crippen LogP contribution >= 0.6 is 15.9 Å². The van der Waals surface area contributed by atoms with Gasteiger partial charge in [-0.25, -0.2) is 0 Å². The second-order valence-corrected chi connectivity index (χ2v) is 8.94. The van der Waals surface area contributed by atoms with E-state index in [1.165, 1.54) is 4.90 Å². The molecular formula is C19H28BrN3O3. The summed E-state index contributed by atoms with van der Waals surface area (Å²) in [5.74, 6) is -0.572. The SMILES string of the molecule is C[C@H](NC(=O)[C@@H]1C[C@@H](O)CN1C(=O)[C@@H](N)C(C)(C)C)c1ccc(Br)cc1. The van der Waals surface area contributed by atoms with Gasteiger partial charge in [0.05, 0.1) is 18.2 Å². The van der Waals surface area contributed by atoms with Crippen molar-refractivity contribution in [3.05, 3.63) is 34.3 Å². The monoisotopic (exact) mass is 425 g/mol. The molecule has 4 N–H and O–H groups in total. The highest BCUT2D eigenvalue weighted by atomic mass is 79.9. The number of nitrogens with one attached hydrogen (secondary N) is 1. The van der Waals surface area contributed by atoms with E-state index in [-0.39, 0.29) is 30.8 Å². The van der Waals surface area contributed by atoms with Crippen LogP contribution in [0.25, 0.3) is 0 Å². The minimum atomic E-state index is -0.730. The number of amides is 2. The fourth-order valence-electron chi connectivity index (χ4n) is 3.00.